The molecule has 1 atom stereocenters. The standard InChI is InChI=1S/C25H26F5N7O4/c26-20(27)14-41-16-1-2-18-19(9-16)22(33-34-23(18)39)37-7-8-40-17(13-37)10-21(38)35-3-5-36(6-4-35)24-31-11-15(12-32-24)25(28,29)30/h1-2,9,11-12,17,20H,3-8,10,13-14H2,(H,34,39)/t17-/m0/s1. The normalized spacial score (nSPS) is 18.3. The van der Waals surface area contributed by atoms with E-state index in [1.165, 1.54) is 18.2 Å². The van der Waals surface area contributed by atoms with Gasteiger partial charge in [-0.05, 0) is 18.2 Å². The molecule has 16 heteroatoms. The van der Waals surface area contributed by atoms with E-state index >= 15 is 0 Å². The predicted octanol–water partition coefficient (Wildman–Crippen LogP) is 2.32. The zero-order valence-electron chi connectivity index (χ0n) is 21.6. The molecule has 2 fully saturated rings. The van der Waals surface area contributed by atoms with Gasteiger partial charge < -0.3 is 24.2 Å². The Hall–Kier alpha value is -4.08. The van der Waals surface area contributed by atoms with Crippen molar-refractivity contribution in [3.63, 3.8) is 0 Å². The number of halogens is 5. The van der Waals surface area contributed by atoms with Crippen LogP contribution in [0.1, 0.15) is 12.0 Å². The van der Waals surface area contributed by atoms with Gasteiger partial charge in [0.15, 0.2) is 5.82 Å². The number of benzene rings is 1. The first-order valence-electron chi connectivity index (χ1n) is 12.8. The number of nitrogens with zero attached hydrogens (tertiary/aromatic N) is 6. The van der Waals surface area contributed by atoms with Crippen molar-refractivity contribution in [1.29, 1.82) is 0 Å². The molecule has 11 nitrogen and oxygen atoms in total. The number of carbonyl (C=O) groups is 1. The number of carbonyl (C=O) groups excluding carboxylic acids is 1. The summed E-state index contributed by atoms with van der Waals surface area (Å²) in [7, 11) is 0. The maximum Gasteiger partial charge on any atom is 0.419 e. The number of hydrogen-bond acceptors (Lipinski definition) is 9. The van der Waals surface area contributed by atoms with Crippen LogP contribution in [0.5, 0.6) is 5.75 Å². The third-order valence-corrected chi connectivity index (χ3v) is 6.84. The van der Waals surface area contributed by atoms with Crippen molar-refractivity contribution in [2.24, 2.45) is 0 Å². The SMILES string of the molecule is O=C(C[C@H]1CN(c2n[nH]c(=O)c3ccc(OCC(F)F)cc23)CCO1)N1CCN(c2ncc(C(F)(F)F)cn2)CC1. The molecule has 1 amide bonds. The molecule has 41 heavy (non-hydrogen) atoms. The van der Waals surface area contributed by atoms with Crippen LogP contribution in [-0.4, -0.2) is 96.0 Å². The Balaban J connectivity index is 1.20. The van der Waals surface area contributed by atoms with Crippen molar-refractivity contribution in [3.8, 4) is 5.75 Å². The number of anilines is 2. The molecule has 0 aliphatic carbocycles. The van der Waals surface area contributed by atoms with Gasteiger partial charge in [0.2, 0.25) is 11.9 Å². The molecule has 1 aromatic carbocycles. The molecule has 3 aromatic rings. The molecule has 0 saturated carbocycles. The molecule has 2 aromatic heterocycles. The van der Waals surface area contributed by atoms with Gasteiger partial charge in [-0.25, -0.2) is 23.8 Å². The maximum absolute atomic E-state index is 13.0. The number of amides is 1. The molecule has 0 bridgehead atoms. The molecule has 2 aliphatic heterocycles. The van der Waals surface area contributed by atoms with Crippen LogP contribution in [0.4, 0.5) is 33.7 Å². The first kappa shape index (κ1) is 28.4. The van der Waals surface area contributed by atoms with Gasteiger partial charge in [-0.15, -0.1) is 0 Å². The second-order valence-corrected chi connectivity index (χ2v) is 9.57. The summed E-state index contributed by atoms with van der Waals surface area (Å²) in [6.45, 7) is 1.62. The lowest BCUT2D eigenvalue weighted by Crippen LogP contribution is -2.51. The lowest BCUT2D eigenvalue weighted by atomic mass is 10.1. The van der Waals surface area contributed by atoms with Crippen molar-refractivity contribution in [3.05, 3.63) is 46.5 Å². The zero-order chi connectivity index (χ0) is 29.1. The molecular weight excluding hydrogens is 557 g/mol. The highest BCUT2D eigenvalue weighted by atomic mass is 19.4. The first-order chi connectivity index (χ1) is 19.6. The van der Waals surface area contributed by atoms with Gasteiger partial charge >= 0.3 is 6.18 Å². The van der Waals surface area contributed by atoms with Gasteiger partial charge in [0.05, 0.1) is 30.1 Å². The van der Waals surface area contributed by atoms with Gasteiger partial charge in [0.25, 0.3) is 12.0 Å². The number of nitrogens with one attached hydrogen (secondary N) is 1. The van der Waals surface area contributed by atoms with Crippen molar-refractivity contribution >= 4 is 28.4 Å². The number of rotatable bonds is 7. The summed E-state index contributed by atoms with van der Waals surface area (Å²) in [5.74, 6) is 0.604. The van der Waals surface area contributed by atoms with Gasteiger partial charge in [-0.2, -0.15) is 18.3 Å². The topological polar surface area (TPSA) is 117 Å². The minimum absolute atomic E-state index is 0.0807. The van der Waals surface area contributed by atoms with Crippen LogP contribution in [0, 0.1) is 0 Å². The molecule has 5 rings (SSSR count). The number of hydrogen-bond donors (Lipinski definition) is 1. The summed E-state index contributed by atoms with van der Waals surface area (Å²) in [5.41, 5.74) is -1.37. The van der Waals surface area contributed by atoms with E-state index in [4.69, 9.17) is 9.47 Å². The Bertz CT molecular complexity index is 1430. The molecule has 0 radical (unpaired) electrons. The van der Waals surface area contributed by atoms with E-state index in [1.54, 1.807) is 9.80 Å². The monoisotopic (exact) mass is 583 g/mol. The summed E-state index contributed by atoms with van der Waals surface area (Å²) < 4.78 is 74.5. The highest BCUT2D eigenvalue weighted by Crippen LogP contribution is 2.29. The largest absolute Gasteiger partial charge is 0.488 e. The minimum Gasteiger partial charge on any atom is -0.488 e. The Morgan fingerprint density at radius 3 is 2.49 bits per heavy atom. The molecular formula is C25H26F5N7O4. The fourth-order valence-corrected chi connectivity index (χ4v) is 4.77. The number of aromatic amines is 1. The highest BCUT2D eigenvalue weighted by Gasteiger charge is 2.32. The van der Waals surface area contributed by atoms with Crippen molar-refractivity contribution in [1.82, 2.24) is 25.1 Å². The van der Waals surface area contributed by atoms with Crippen molar-refractivity contribution in [2.45, 2.75) is 25.1 Å². The third kappa shape index (κ3) is 6.64. The van der Waals surface area contributed by atoms with Gasteiger partial charge in [0, 0.05) is 57.0 Å². The summed E-state index contributed by atoms with van der Waals surface area (Å²) in [5, 5.41) is 7.37. The number of piperazine rings is 1. The van der Waals surface area contributed by atoms with Crippen LogP contribution >= 0.6 is 0 Å². The molecule has 2 saturated heterocycles. The maximum atomic E-state index is 13.0. The molecule has 2 aliphatic rings. The van der Waals surface area contributed by atoms with E-state index in [0.717, 1.165) is 12.4 Å². The van der Waals surface area contributed by atoms with Crippen LogP contribution in [0.3, 0.4) is 0 Å². The fourth-order valence-electron chi connectivity index (χ4n) is 4.77. The Labute approximate surface area is 229 Å². The number of fused-ring (bicyclic) bond motifs is 1. The number of ether oxygens (including phenoxy) is 2. The smallest absolute Gasteiger partial charge is 0.419 e. The first-order valence-corrected chi connectivity index (χ1v) is 12.8. The van der Waals surface area contributed by atoms with Crippen LogP contribution in [0.15, 0.2) is 35.4 Å². The molecule has 0 spiro atoms. The average Bonchev–Trinajstić information content (AvgIpc) is 2.96. The lowest BCUT2D eigenvalue weighted by molar-refractivity contribution is -0.138. The molecule has 1 N–H and O–H groups in total. The highest BCUT2D eigenvalue weighted by molar-refractivity contribution is 5.92. The molecule has 220 valence electrons. The Kier molecular flexibility index (Phi) is 8.19. The van der Waals surface area contributed by atoms with Crippen molar-refractivity contribution < 1.29 is 36.2 Å². The Morgan fingerprint density at radius 2 is 1.80 bits per heavy atom. The van der Waals surface area contributed by atoms with Crippen LogP contribution in [0.2, 0.25) is 0 Å². The minimum atomic E-state index is -4.52. The van der Waals surface area contributed by atoms with E-state index in [0.29, 0.717) is 62.5 Å². The van der Waals surface area contributed by atoms with E-state index < -0.39 is 36.4 Å². The molecule has 0 unspecified atom stereocenters. The lowest BCUT2D eigenvalue weighted by Gasteiger charge is -2.37. The van der Waals surface area contributed by atoms with Crippen LogP contribution in [0.25, 0.3) is 10.8 Å². The summed E-state index contributed by atoms with van der Waals surface area (Å²) in [4.78, 5) is 38.2. The predicted molar refractivity (Wildman–Crippen MR) is 136 cm³/mol. The van der Waals surface area contributed by atoms with Crippen LogP contribution in [-0.2, 0) is 15.7 Å². The van der Waals surface area contributed by atoms with E-state index in [9.17, 15) is 31.5 Å². The number of morpholine rings is 1. The van der Waals surface area contributed by atoms with Gasteiger partial charge in [-0.1, -0.05) is 0 Å². The fraction of sp³-hybridized carbons (Fsp3) is 0.480. The summed E-state index contributed by atoms with van der Waals surface area (Å²) >= 11 is 0. The van der Waals surface area contributed by atoms with Crippen LogP contribution < -0.4 is 20.1 Å². The van der Waals surface area contributed by atoms with E-state index in [2.05, 4.69) is 20.2 Å². The Morgan fingerprint density at radius 1 is 1.07 bits per heavy atom. The average molecular weight is 584 g/mol. The molecule has 4 heterocycles. The second kappa shape index (κ2) is 11.8. The van der Waals surface area contributed by atoms with Gasteiger partial charge in [-0.3, -0.25) is 9.59 Å². The van der Waals surface area contributed by atoms with Crippen molar-refractivity contribution in [2.75, 3.05) is 62.3 Å². The number of aromatic nitrogens is 4. The number of H-pyrrole nitrogens is 1. The zero-order valence-corrected chi connectivity index (χ0v) is 21.6. The summed E-state index contributed by atoms with van der Waals surface area (Å²) in [6, 6.07) is 4.41. The second-order valence-electron chi connectivity index (χ2n) is 9.57. The number of alkyl halides is 5. The van der Waals surface area contributed by atoms with Gasteiger partial charge in [0.1, 0.15) is 12.4 Å². The van der Waals surface area contributed by atoms with E-state index in [-0.39, 0.29) is 24.0 Å². The third-order valence-electron chi connectivity index (χ3n) is 6.84. The van der Waals surface area contributed by atoms with E-state index in [1.807, 2.05) is 4.90 Å². The summed E-state index contributed by atoms with van der Waals surface area (Å²) in [6.07, 6.45) is -6.09. The quantitative estimate of drug-likeness (QED) is 0.419.